The predicted octanol–water partition coefficient (Wildman–Crippen LogP) is 3.73. The van der Waals surface area contributed by atoms with Crippen molar-refractivity contribution in [3.63, 3.8) is 0 Å². The van der Waals surface area contributed by atoms with Crippen LogP contribution in [0.4, 0.5) is 9.18 Å². The summed E-state index contributed by atoms with van der Waals surface area (Å²) in [6.45, 7) is 6.77. The van der Waals surface area contributed by atoms with Crippen molar-refractivity contribution in [3.8, 4) is 5.75 Å². The lowest BCUT2D eigenvalue weighted by molar-refractivity contribution is -0.138. The molecule has 0 aromatic carbocycles. The van der Waals surface area contributed by atoms with Crippen molar-refractivity contribution in [2.45, 2.75) is 77.4 Å². The topological polar surface area (TPSA) is 138 Å². The molecule has 41 heavy (non-hydrogen) atoms. The van der Waals surface area contributed by atoms with E-state index >= 15 is 0 Å². The van der Waals surface area contributed by atoms with Gasteiger partial charge in [-0.25, -0.2) is 9.18 Å². The van der Waals surface area contributed by atoms with Gasteiger partial charge in [-0.2, -0.15) is 0 Å². The molecule has 3 amide bonds. The number of rotatable bonds is 11. The third-order valence-corrected chi connectivity index (χ3v) is 7.36. The number of carboxylic acid groups (broad SMARTS) is 1. The maximum atomic E-state index is 13.2. The fourth-order valence-corrected chi connectivity index (χ4v) is 5.21. The van der Waals surface area contributed by atoms with E-state index in [-0.39, 0.29) is 43.2 Å². The normalized spacial score (nSPS) is 18.9. The van der Waals surface area contributed by atoms with Crippen LogP contribution in [0.25, 0.3) is 0 Å². The minimum Gasteiger partial charge on any atom is -0.489 e. The van der Waals surface area contributed by atoms with Crippen LogP contribution in [0.15, 0.2) is 18.5 Å². The standard InChI is InChI=1S/C29H43FN4O7/c1-29(2,3)41-28(39)33-12-8-20(9-13-33)6-7-25(35)34-11-4-5-21(19-34)27(38)32-24(16-26(36)37)22-15-23(18-31-17-22)40-14-10-30/h15,17-18,20-21,24H,4-14,16,19H2,1-3H3,(H,32,38)(H,36,37)/t21-,24+/m1/s1/i30-1. The molecule has 12 heteroatoms. The molecule has 1 aromatic heterocycles. The van der Waals surface area contributed by atoms with Crippen molar-refractivity contribution < 1.29 is 38.1 Å². The second kappa shape index (κ2) is 15.0. The smallest absolute Gasteiger partial charge is 0.410 e. The average Bonchev–Trinajstić information content (AvgIpc) is 2.93. The number of carbonyl (C=O) groups excluding carboxylic acids is 3. The van der Waals surface area contributed by atoms with E-state index in [1.807, 2.05) is 20.8 Å². The highest BCUT2D eigenvalue weighted by Crippen LogP contribution is 2.26. The zero-order valence-electron chi connectivity index (χ0n) is 24.3. The molecule has 0 aliphatic carbocycles. The summed E-state index contributed by atoms with van der Waals surface area (Å²) < 4.78 is 23.2. The largest absolute Gasteiger partial charge is 0.489 e. The van der Waals surface area contributed by atoms with Gasteiger partial charge in [0.1, 0.15) is 24.6 Å². The van der Waals surface area contributed by atoms with Crippen molar-refractivity contribution in [1.29, 1.82) is 0 Å². The first-order chi connectivity index (χ1) is 19.4. The monoisotopic (exact) mass is 577 g/mol. The molecule has 3 heterocycles. The molecule has 0 radical (unpaired) electrons. The van der Waals surface area contributed by atoms with Gasteiger partial charge < -0.3 is 29.7 Å². The average molecular weight is 578 g/mol. The quantitative estimate of drug-likeness (QED) is 0.406. The number of aliphatic carboxylic acids is 1. The molecule has 11 nitrogen and oxygen atoms in total. The molecule has 2 N–H and O–H groups in total. The number of likely N-dealkylation sites (tertiary alicyclic amines) is 2. The Morgan fingerprint density at radius 2 is 1.85 bits per heavy atom. The van der Waals surface area contributed by atoms with E-state index in [4.69, 9.17) is 9.47 Å². The Balaban J connectivity index is 1.49. The van der Waals surface area contributed by atoms with Gasteiger partial charge in [0.25, 0.3) is 0 Å². The summed E-state index contributed by atoms with van der Waals surface area (Å²) in [7, 11) is 0. The number of hydrogen-bond acceptors (Lipinski definition) is 7. The number of nitrogens with zero attached hydrogens (tertiary/aromatic N) is 3. The first-order valence-electron chi connectivity index (χ1n) is 14.4. The summed E-state index contributed by atoms with van der Waals surface area (Å²) in [6.07, 6.45) is 6.19. The van der Waals surface area contributed by atoms with E-state index in [2.05, 4.69) is 10.3 Å². The summed E-state index contributed by atoms with van der Waals surface area (Å²) in [5, 5.41) is 12.2. The summed E-state index contributed by atoms with van der Waals surface area (Å²) in [5.41, 5.74) is -0.0898. The van der Waals surface area contributed by atoms with E-state index in [1.54, 1.807) is 15.9 Å². The second-order valence-corrected chi connectivity index (χ2v) is 11.8. The van der Waals surface area contributed by atoms with Crippen molar-refractivity contribution in [2.75, 3.05) is 39.5 Å². The molecule has 2 atom stereocenters. The first kappa shape index (κ1) is 32.1. The number of halogens is 1. The van der Waals surface area contributed by atoms with Crippen LogP contribution in [0.3, 0.4) is 0 Å². The Hall–Kier alpha value is -3.44. The summed E-state index contributed by atoms with van der Waals surface area (Å²) in [6, 6.07) is 0.699. The number of hydrogen-bond donors (Lipinski definition) is 2. The van der Waals surface area contributed by atoms with Crippen molar-refractivity contribution in [3.05, 3.63) is 24.0 Å². The van der Waals surface area contributed by atoms with Gasteiger partial charge in [-0.05, 0) is 70.4 Å². The molecule has 0 bridgehead atoms. The fourth-order valence-electron chi connectivity index (χ4n) is 5.21. The second-order valence-electron chi connectivity index (χ2n) is 11.8. The third kappa shape index (κ3) is 10.5. The number of aromatic nitrogens is 1. The van der Waals surface area contributed by atoms with Crippen LogP contribution in [0.1, 0.15) is 77.3 Å². The molecular weight excluding hydrogens is 534 g/mol. The zero-order valence-corrected chi connectivity index (χ0v) is 24.3. The Labute approximate surface area is 240 Å². The highest BCUT2D eigenvalue weighted by molar-refractivity contribution is 5.82. The number of ether oxygens (including phenoxy) is 2. The van der Waals surface area contributed by atoms with Gasteiger partial charge in [-0.3, -0.25) is 19.4 Å². The molecule has 0 spiro atoms. The first-order valence-corrected chi connectivity index (χ1v) is 14.4. The Morgan fingerprint density at radius 3 is 2.51 bits per heavy atom. The number of piperidine rings is 2. The van der Waals surface area contributed by atoms with Gasteiger partial charge >= 0.3 is 12.1 Å². The maximum absolute atomic E-state index is 13.2. The number of carboxylic acids is 1. The highest BCUT2D eigenvalue weighted by Gasteiger charge is 2.32. The lowest BCUT2D eigenvalue weighted by Crippen LogP contribution is -2.46. The maximum Gasteiger partial charge on any atom is 0.410 e. The molecule has 0 saturated carbocycles. The van der Waals surface area contributed by atoms with Crippen molar-refractivity contribution >= 4 is 23.9 Å². The van der Waals surface area contributed by atoms with E-state index in [1.165, 1.54) is 12.4 Å². The summed E-state index contributed by atoms with van der Waals surface area (Å²) in [4.78, 5) is 57.5. The molecule has 1 aromatic rings. The van der Waals surface area contributed by atoms with E-state index in [0.717, 1.165) is 19.3 Å². The van der Waals surface area contributed by atoms with Crippen molar-refractivity contribution in [2.24, 2.45) is 11.8 Å². The molecule has 3 rings (SSSR count). The van der Waals surface area contributed by atoms with Crippen LogP contribution in [-0.4, -0.2) is 88.8 Å². The van der Waals surface area contributed by atoms with Gasteiger partial charge in [0.05, 0.1) is 24.6 Å². The number of carbonyl (C=O) groups is 4. The minimum absolute atomic E-state index is 0.000991. The van der Waals surface area contributed by atoms with Gasteiger partial charge in [0.15, 0.2) is 0 Å². The van der Waals surface area contributed by atoms with E-state index < -0.39 is 30.2 Å². The molecule has 2 fully saturated rings. The molecule has 2 aliphatic rings. The summed E-state index contributed by atoms with van der Waals surface area (Å²) >= 11 is 0. The van der Waals surface area contributed by atoms with Crippen LogP contribution < -0.4 is 10.1 Å². The number of nitrogens with one attached hydrogen (secondary N) is 1. The Bertz CT molecular complexity index is 1060. The van der Waals surface area contributed by atoms with Gasteiger partial charge in [-0.15, -0.1) is 0 Å². The van der Waals surface area contributed by atoms with Crippen LogP contribution in [-0.2, 0) is 19.1 Å². The third-order valence-electron chi connectivity index (χ3n) is 7.36. The molecular formula is C29H43FN4O7. The predicted molar refractivity (Wildman–Crippen MR) is 148 cm³/mol. The summed E-state index contributed by atoms with van der Waals surface area (Å²) in [5.74, 6) is -1.24. The van der Waals surface area contributed by atoms with Gasteiger partial charge in [0.2, 0.25) is 11.8 Å². The van der Waals surface area contributed by atoms with Crippen molar-refractivity contribution in [1.82, 2.24) is 20.1 Å². The van der Waals surface area contributed by atoms with Crippen LogP contribution in [0.2, 0.25) is 0 Å². The molecule has 0 unspecified atom stereocenters. The molecule has 2 aliphatic heterocycles. The Morgan fingerprint density at radius 1 is 1.12 bits per heavy atom. The molecule has 228 valence electrons. The lowest BCUT2D eigenvalue weighted by Gasteiger charge is -2.35. The SMILES string of the molecule is CC(C)(C)OC(=O)N1CCC(CCC(=O)N2CCC[C@@H](C(=O)N[C@@H](CC(=O)O)c3cncc(OCC[18F])c3)C2)CC1. The number of pyridine rings is 1. The number of alkyl halides is 1. The zero-order chi connectivity index (χ0) is 30.0. The van der Waals surface area contributed by atoms with Crippen LogP contribution in [0, 0.1) is 11.8 Å². The van der Waals surface area contributed by atoms with Crippen LogP contribution >= 0.6 is 0 Å². The fraction of sp³-hybridized carbons (Fsp3) is 0.690. The Kier molecular flexibility index (Phi) is 11.7. The number of amides is 3. The van der Waals surface area contributed by atoms with E-state index in [0.29, 0.717) is 50.4 Å². The van der Waals surface area contributed by atoms with Crippen LogP contribution in [0.5, 0.6) is 5.75 Å². The highest BCUT2D eigenvalue weighted by atomic mass is 18.2. The molecule has 2 saturated heterocycles. The van der Waals surface area contributed by atoms with Gasteiger partial charge in [0, 0.05) is 38.8 Å². The van der Waals surface area contributed by atoms with Gasteiger partial charge in [-0.1, -0.05) is 0 Å². The van der Waals surface area contributed by atoms with E-state index in [9.17, 15) is 28.7 Å². The lowest BCUT2D eigenvalue weighted by atomic mass is 9.91. The minimum atomic E-state index is -1.09.